The Labute approximate surface area is 92.6 Å². The van der Waals surface area contributed by atoms with Crippen molar-refractivity contribution in [1.29, 1.82) is 0 Å². The van der Waals surface area contributed by atoms with Crippen LogP contribution < -0.4 is 10.1 Å². The summed E-state index contributed by atoms with van der Waals surface area (Å²) in [5.74, 6) is 0.996. The highest BCUT2D eigenvalue weighted by Crippen LogP contribution is 2.24. The van der Waals surface area contributed by atoms with E-state index in [0.29, 0.717) is 0 Å². The molecule has 2 nitrogen and oxygen atoms in total. The summed E-state index contributed by atoms with van der Waals surface area (Å²) in [6, 6.07) is 6.44. The fraction of sp³-hybridized carbons (Fsp3) is 0.538. The van der Waals surface area contributed by atoms with Crippen molar-refractivity contribution in [3.05, 3.63) is 29.3 Å². The van der Waals surface area contributed by atoms with E-state index in [1.807, 2.05) is 14.1 Å². The minimum atomic E-state index is 0.996. The molecule has 0 bridgehead atoms. The maximum absolute atomic E-state index is 5.18. The average molecular weight is 207 g/mol. The second kappa shape index (κ2) is 6.46. The van der Waals surface area contributed by atoms with Gasteiger partial charge in [0.2, 0.25) is 0 Å². The monoisotopic (exact) mass is 207 g/mol. The van der Waals surface area contributed by atoms with Crippen LogP contribution >= 0.6 is 0 Å². The first-order chi connectivity index (χ1) is 7.31. The molecule has 0 atom stereocenters. The number of fused-ring (bicyclic) bond motifs is 1. The van der Waals surface area contributed by atoms with Gasteiger partial charge < -0.3 is 10.1 Å². The van der Waals surface area contributed by atoms with Crippen LogP contribution in [0.25, 0.3) is 0 Å². The van der Waals surface area contributed by atoms with Crippen LogP contribution in [0.4, 0.5) is 0 Å². The van der Waals surface area contributed by atoms with Gasteiger partial charge in [0, 0.05) is 0 Å². The van der Waals surface area contributed by atoms with Crippen molar-refractivity contribution in [1.82, 2.24) is 5.32 Å². The van der Waals surface area contributed by atoms with Crippen LogP contribution in [0.15, 0.2) is 18.2 Å². The van der Waals surface area contributed by atoms with Gasteiger partial charge in [0.15, 0.2) is 0 Å². The topological polar surface area (TPSA) is 21.3 Å². The summed E-state index contributed by atoms with van der Waals surface area (Å²) < 4.78 is 5.18. The van der Waals surface area contributed by atoms with Crippen LogP contribution in [0.2, 0.25) is 0 Å². The first-order valence-corrected chi connectivity index (χ1v) is 5.56. The van der Waals surface area contributed by atoms with Crippen LogP contribution in [0.5, 0.6) is 5.75 Å². The molecule has 2 rings (SSSR count). The van der Waals surface area contributed by atoms with Gasteiger partial charge in [0.25, 0.3) is 0 Å². The maximum atomic E-state index is 5.18. The Bertz CT molecular complexity index is 297. The molecule has 1 aromatic rings. The number of hydrogen-bond donors (Lipinski definition) is 1. The van der Waals surface area contributed by atoms with Crippen LogP contribution in [-0.4, -0.2) is 21.2 Å². The van der Waals surface area contributed by atoms with E-state index in [0.717, 1.165) is 5.75 Å². The molecule has 0 radical (unpaired) electrons. The highest BCUT2D eigenvalue weighted by Gasteiger charge is 2.08. The van der Waals surface area contributed by atoms with Crippen molar-refractivity contribution in [3.8, 4) is 5.75 Å². The van der Waals surface area contributed by atoms with Crippen molar-refractivity contribution in [3.63, 3.8) is 0 Å². The highest BCUT2D eigenvalue weighted by atomic mass is 16.5. The fourth-order valence-corrected chi connectivity index (χ4v) is 1.84. The third kappa shape index (κ3) is 3.56. The summed E-state index contributed by atoms with van der Waals surface area (Å²) in [4.78, 5) is 0. The number of hydrogen-bond acceptors (Lipinski definition) is 2. The Morgan fingerprint density at radius 1 is 1.07 bits per heavy atom. The standard InChI is InChI=1S/C11H14O.C2H7N/c1-12-11-7-6-9-4-2-3-5-10(9)8-11;1-3-2/h6-8H,2-5H2,1H3;3H,1-2H3. The smallest absolute Gasteiger partial charge is 0.119 e. The molecule has 0 heterocycles. The van der Waals surface area contributed by atoms with E-state index in [-0.39, 0.29) is 0 Å². The van der Waals surface area contributed by atoms with E-state index in [2.05, 4.69) is 23.5 Å². The Balaban J connectivity index is 0.000000337. The van der Waals surface area contributed by atoms with Crippen molar-refractivity contribution in [2.24, 2.45) is 0 Å². The van der Waals surface area contributed by atoms with Crippen molar-refractivity contribution >= 4 is 0 Å². The van der Waals surface area contributed by atoms with E-state index in [4.69, 9.17) is 4.74 Å². The summed E-state index contributed by atoms with van der Waals surface area (Å²) in [6.45, 7) is 0. The van der Waals surface area contributed by atoms with Crippen molar-refractivity contribution in [2.75, 3.05) is 21.2 Å². The van der Waals surface area contributed by atoms with Gasteiger partial charge in [0.1, 0.15) is 5.75 Å². The van der Waals surface area contributed by atoms with E-state index < -0.39 is 0 Å². The van der Waals surface area contributed by atoms with Crippen LogP contribution in [0.3, 0.4) is 0 Å². The molecule has 1 aliphatic rings. The Morgan fingerprint density at radius 2 is 1.67 bits per heavy atom. The number of methoxy groups -OCH3 is 1. The van der Waals surface area contributed by atoms with Gasteiger partial charge in [-0.15, -0.1) is 0 Å². The lowest BCUT2D eigenvalue weighted by Gasteiger charge is -2.15. The summed E-state index contributed by atoms with van der Waals surface area (Å²) in [5, 5.41) is 2.75. The normalized spacial score (nSPS) is 13.5. The van der Waals surface area contributed by atoms with Crippen molar-refractivity contribution < 1.29 is 4.74 Å². The molecule has 0 aliphatic heterocycles. The Morgan fingerprint density at radius 3 is 2.27 bits per heavy atom. The zero-order valence-corrected chi connectivity index (χ0v) is 9.97. The van der Waals surface area contributed by atoms with Gasteiger partial charge in [-0.3, -0.25) is 0 Å². The highest BCUT2D eigenvalue weighted by molar-refractivity contribution is 5.36. The third-order valence-corrected chi connectivity index (χ3v) is 2.56. The molecule has 2 heteroatoms. The minimum Gasteiger partial charge on any atom is -0.497 e. The molecule has 0 amide bonds. The molecule has 1 aromatic carbocycles. The quantitative estimate of drug-likeness (QED) is 0.763. The van der Waals surface area contributed by atoms with Crippen molar-refractivity contribution in [2.45, 2.75) is 25.7 Å². The number of benzene rings is 1. The predicted molar refractivity (Wildman–Crippen MR) is 64.6 cm³/mol. The summed E-state index contributed by atoms with van der Waals surface area (Å²) in [7, 11) is 5.48. The van der Waals surface area contributed by atoms with Gasteiger partial charge in [-0.2, -0.15) is 0 Å². The molecule has 0 saturated carbocycles. The lowest BCUT2D eigenvalue weighted by atomic mass is 9.92. The van der Waals surface area contributed by atoms with E-state index in [1.165, 1.54) is 36.8 Å². The lowest BCUT2D eigenvalue weighted by molar-refractivity contribution is 0.413. The molecule has 84 valence electrons. The lowest BCUT2D eigenvalue weighted by Crippen LogP contribution is -2.02. The van der Waals surface area contributed by atoms with E-state index in [1.54, 1.807) is 7.11 Å². The van der Waals surface area contributed by atoms with Crippen LogP contribution in [-0.2, 0) is 12.8 Å². The molecular formula is C13H21NO. The van der Waals surface area contributed by atoms with Gasteiger partial charge >= 0.3 is 0 Å². The number of rotatable bonds is 1. The molecule has 1 N–H and O–H groups in total. The SMILES string of the molecule is CNC.COc1ccc2c(c1)CCCC2. The second-order valence-electron chi connectivity index (χ2n) is 3.84. The molecule has 0 unspecified atom stereocenters. The summed E-state index contributed by atoms with van der Waals surface area (Å²) >= 11 is 0. The Hall–Kier alpha value is -1.02. The fourth-order valence-electron chi connectivity index (χ4n) is 1.84. The molecule has 0 spiro atoms. The van der Waals surface area contributed by atoms with E-state index in [9.17, 15) is 0 Å². The average Bonchev–Trinajstić information content (AvgIpc) is 2.29. The van der Waals surface area contributed by atoms with Crippen LogP contribution in [0, 0.1) is 0 Å². The third-order valence-electron chi connectivity index (χ3n) is 2.56. The largest absolute Gasteiger partial charge is 0.497 e. The maximum Gasteiger partial charge on any atom is 0.119 e. The van der Waals surface area contributed by atoms with E-state index >= 15 is 0 Å². The van der Waals surface area contributed by atoms with Gasteiger partial charge in [-0.05, 0) is 63.0 Å². The zero-order valence-electron chi connectivity index (χ0n) is 9.97. The van der Waals surface area contributed by atoms with Gasteiger partial charge in [0.05, 0.1) is 7.11 Å². The molecule has 0 aromatic heterocycles. The molecule has 0 saturated heterocycles. The number of ether oxygens (including phenoxy) is 1. The minimum absolute atomic E-state index is 0.996. The predicted octanol–water partition coefficient (Wildman–Crippen LogP) is 2.41. The van der Waals surface area contributed by atoms with Crippen LogP contribution in [0.1, 0.15) is 24.0 Å². The van der Waals surface area contributed by atoms with Gasteiger partial charge in [-0.25, -0.2) is 0 Å². The molecular weight excluding hydrogens is 186 g/mol. The molecule has 1 aliphatic carbocycles. The first kappa shape index (κ1) is 12.1. The number of nitrogens with one attached hydrogen (secondary N) is 1. The zero-order chi connectivity index (χ0) is 11.1. The second-order valence-corrected chi connectivity index (χ2v) is 3.84. The Kier molecular flexibility index (Phi) is 5.19. The molecule has 0 fully saturated rings. The summed E-state index contributed by atoms with van der Waals surface area (Å²) in [5.41, 5.74) is 3.00. The summed E-state index contributed by atoms with van der Waals surface area (Å²) in [6.07, 6.45) is 5.16. The van der Waals surface area contributed by atoms with Gasteiger partial charge in [-0.1, -0.05) is 6.07 Å². The first-order valence-electron chi connectivity index (χ1n) is 5.56. The number of aryl methyl sites for hydroxylation is 2. The molecule has 15 heavy (non-hydrogen) atoms.